The van der Waals surface area contributed by atoms with Gasteiger partial charge in [-0.05, 0) is 23.1 Å². The van der Waals surface area contributed by atoms with Crippen LogP contribution >= 0.6 is 11.8 Å². The molecule has 2 atom stereocenters. The number of carbonyl (C=O) groups excluding carboxylic acids is 2. The van der Waals surface area contributed by atoms with Gasteiger partial charge in [0.05, 0.1) is 18.0 Å². The van der Waals surface area contributed by atoms with Gasteiger partial charge in [0.1, 0.15) is 12.6 Å². The third kappa shape index (κ3) is 6.37. The van der Waals surface area contributed by atoms with Crippen LogP contribution in [0.15, 0.2) is 109 Å². The second-order valence-corrected chi connectivity index (χ2v) is 11.7. The zero-order valence-corrected chi connectivity index (χ0v) is 24.3. The Bertz CT molecular complexity index is 1280. The molecule has 2 aliphatic rings. The number of benzene rings is 3. The third-order valence-corrected chi connectivity index (χ3v) is 9.29. The van der Waals surface area contributed by atoms with Crippen molar-refractivity contribution in [2.45, 2.75) is 22.5 Å². The Balaban J connectivity index is 1.52. The fraction of sp³-hybridized carbons (Fsp3) is 0.303. The number of nitrogens with two attached hydrogens (primary N) is 1. The van der Waals surface area contributed by atoms with E-state index in [9.17, 15) is 9.59 Å². The van der Waals surface area contributed by atoms with Crippen LogP contribution in [-0.4, -0.2) is 78.5 Å². The lowest BCUT2D eigenvalue weighted by Gasteiger charge is -2.37. The number of amides is 2. The molecule has 3 aromatic carbocycles. The number of hydrogen-bond donors (Lipinski definition) is 1. The van der Waals surface area contributed by atoms with Crippen LogP contribution in [0.1, 0.15) is 23.1 Å². The molecule has 0 bridgehead atoms. The molecule has 2 fully saturated rings. The van der Waals surface area contributed by atoms with Gasteiger partial charge in [0.15, 0.2) is 5.96 Å². The van der Waals surface area contributed by atoms with Gasteiger partial charge in [0, 0.05) is 24.9 Å². The summed E-state index contributed by atoms with van der Waals surface area (Å²) in [6.07, 6.45) is 1.35. The van der Waals surface area contributed by atoms with Gasteiger partial charge in [-0.25, -0.2) is 4.79 Å². The molecule has 3 aromatic rings. The zero-order valence-electron chi connectivity index (χ0n) is 23.5. The summed E-state index contributed by atoms with van der Waals surface area (Å²) in [4.78, 5) is 34.4. The maximum Gasteiger partial charge on any atom is 0.410 e. The second-order valence-electron chi connectivity index (χ2n) is 10.2. The molecule has 2 heterocycles. The number of hydrogen-bond acceptors (Lipinski definition) is 5. The number of thioether (sulfide) groups is 1. The van der Waals surface area contributed by atoms with E-state index in [4.69, 9.17) is 15.2 Å². The van der Waals surface area contributed by atoms with Crippen LogP contribution in [0.25, 0.3) is 0 Å². The summed E-state index contributed by atoms with van der Waals surface area (Å²) in [6.45, 7) is 6.18. The third-order valence-electron chi connectivity index (χ3n) is 7.55. The van der Waals surface area contributed by atoms with Gasteiger partial charge in [0.2, 0.25) is 0 Å². The molecule has 0 aliphatic carbocycles. The number of likely N-dealkylation sites (tertiary alicyclic amines) is 1. The highest BCUT2D eigenvalue weighted by molar-refractivity contribution is 8.01. The van der Waals surface area contributed by atoms with E-state index in [2.05, 4.69) is 48.0 Å². The highest BCUT2D eigenvalue weighted by atomic mass is 32.2. The maximum absolute atomic E-state index is 13.6. The van der Waals surface area contributed by atoms with Crippen molar-refractivity contribution in [1.29, 1.82) is 0 Å². The van der Waals surface area contributed by atoms with Gasteiger partial charge in [0.25, 0.3) is 5.91 Å². The monoisotopic (exact) mass is 584 g/mol. The van der Waals surface area contributed by atoms with Crippen LogP contribution in [0.3, 0.4) is 0 Å². The number of carbonyl (C=O) groups is 2. The number of rotatable bonds is 8. The van der Waals surface area contributed by atoms with E-state index in [0.29, 0.717) is 39.3 Å². The van der Waals surface area contributed by atoms with Gasteiger partial charge >= 0.3 is 6.09 Å². The number of ether oxygens (including phenoxy) is 2. The van der Waals surface area contributed by atoms with Crippen molar-refractivity contribution in [3.05, 3.63) is 120 Å². The van der Waals surface area contributed by atoms with Crippen molar-refractivity contribution in [1.82, 2.24) is 9.80 Å². The molecule has 0 radical (unpaired) electrons. The van der Waals surface area contributed by atoms with E-state index in [1.165, 1.54) is 11.0 Å². The quantitative estimate of drug-likeness (QED) is 0.178. The Labute approximate surface area is 251 Å². The van der Waals surface area contributed by atoms with Gasteiger partial charge in [-0.15, -0.1) is 11.8 Å². The number of aliphatic imine (C=N–C) groups is 1. The summed E-state index contributed by atoms with van der Waals surface area (Å²) in [5.41, 5.74) is 9.56. The van der Waals surface area contributed by atoms with Crippen LogP contribution in [-0.2, 0) is 19.0 Å². The van der Waals surface area contributed by atoms with Crippen molar-refractivity contribution in [3.63, 3.8) is 0 Å². The lowest BCUT2D eigenvalue weighted by molar-refractivity contribution is -0.121. The normalized spacial score (nSPS) is 19.4. The highest BCUT2D eigenvalue weighted by Gasteiger charge is 2.46. The van der Waals surface area contributed by atoms with E-state index in [1.807, 2.05) is 59.5 Å². The molecule has 42 heavy (non-hydrogen) atoms. The summed E-state index contributed by atoms with van der Waals surface area (Å²) in [5, 5.41) is -0.115. The maximum atomic E-state index is 13.6. The second kappa shape index (κ2) is 13.7. The summed E-state index contributed by atoms with van der Waals surface area (Å²) in [6, 6.07) is 30.3. The first-order valence-corrected chi connectivity index (χ1v) is 15.0. The van der Waals surface area contributed by atoms with Gasteiger partial charge in [-0.1, -0.05) is 104 Å². The standard InChI is InChI=1S/C33H36N4O4S/c1-2-20-41-32(39)37-24-28(23-29(37)30(38)35-31(34)36-18-21-40-22-19-36)42-33(25-12-6-3-7-13-25,26-14-8-4-9-15-26)27-16-10-5-11-17-27/h2-17,28-29H,1,18-24H2,(H2,34,35,38)/t28-,29-/m0/s1. The molecule has 0 unspecified atom stereocenters. The van der Waals surface area contributed by atoms with Gasteiger partial charge in [-0.2, -0.15) is 4.99 Å². The zero-order chi connectivity index (χ0) is 29.4. The predicted octanol–water partition coefficient (Wildman–Crippen LogP) is 4.65. The summed E-state index contributed by atoms with van der Waals surface area (Å²) in [7, 11) is 0. The van der Waals surface area contributed by atoms with E-state index < -0.39 is 22.8 Å². The van der Waals surface area contributed by atoms with Crippen molar-refractivity contribution >= 4 is 29.7 Å². The van der Waals surface area contributed by atoms with Crippen molar-refractivity contribution < 1.29 is 19.1 Å². The van der Waals surface area contributed by atoms with E-state index in [1.54, 1.807) is 11.8 Å². The molecule has 9 heteroatoms. The topological polar surface area (TPSA) is 97.5 Å². The molecule has 8 nitrogen and oxygen atoms in total. The average Bonchev–Trinajstić information content (AvgIpc) is 3.48. The minimum absolute atomic E-state index is 0.0508. The molecule has 218 valence electrons. The highest BCUT2D eigenvalue weighted by Crippen LogP contribution is 2.52. The smallest absolute Gasteiger partial charge is 0.410 e. The fourth-order valence-corrected chi connectivity index (χ4v) is 7.39. The molecule has 2 amide bonds. The summed E-state index contributed by atoms with van der Waals surface area (Å²) >= 11 is 1.74. The first-order valence-electron chi connectivity index (χ1n) is 14.1. The Hall–Kier alpha value is -4.08. The molecule has 0 spiro atoms. The van der Waals surface area contributed by atoms with Gasteiger partial charge in [-0.3, -0.25) is 9.69 Å². The number of guanidine groups is 1. The molecular weight excluding hydrogens is 548 g/mol. The largest absolute Gasteiger partial charge is 0.445 e. The Morgan fingerprint density at radius 1 is 0.952 bits per heavy atom. The van der Waals surface area contributed by atoms with Crippen molar-refractivity contribution in [2.75, 3.05) is 39.5 Å². The Kier molecular flexibility index (Phi) is 9.61. The lowest BCUT2D eigenvalue weighted by Crippen LogP contribution is -2.46. The Morgan fingerprint density at radius 3 is 1.98 bits per heavy atom. The van der Waals surface area contributed by atoms with Crippen LogP contribution in [0, 0.1) is 0 Å². The average molecular weight is 585 g/mol. The van der Waals surface area contributed by atoms with Crippen LogP contribution < -0.4 is 5.73 Å². The lowest BCUT2D eigenvalue weighted by atomic mass is 9.84. The SMILES string of the molecule is C=CCOC(=O)N1C[C@@H](SC(c2ccccc2)(c2ccccc2)c2ccccc2)C[C@H]1C(=O)N=C(N)N1CCOCC1. The predicted molar refractivity (Wildman–Crippen MR) is 166 cm³/mol. The number of morpholine rings is 1. The van der Waals surface area contributed by atoms with E-state index in [0.717, 1.165) is 16.7 Å². The van der Waals surface area contributed by atoms with Crippen molar-refractivity contribution in [3.8, 4) is 0 Å². The van der Waals surface area contributed by atoms with Gasteiger partial charge < -0.3 is 20.1 Å². The van der Waals surface area contributed by atoms with E-state index >= 15 is 0 Å². The fourth-order valence-electron chi connectivity index (χ4n) is 5.56. The molecule has 2 saturated heterocycles. The first kappa shape index (κ1) is 29.4. The van der Waals surface area contributed by atoms with Crippen LogP contribution in [0.5, 0.6) is 0 Å². The summed E-state index contributed by atoms with van der Waals surface area (Å²) < 4.78 is 10.2. The molecule has 2 N–H and O–H groups in total. The molecule has 0 aromatic heterocycles. The molecule has 5 rings (SSSR count). The molecular formula is C33H36N4O4S. The molecule has 0 saturated carbocycles. The minimum atomic E-state index is -0.806. The molecule has 2 aliphatic heterocycles. The summed E-state index contributed by atoms with van der Waals surface area (Å²) in [5.74, 6) is -0.312. The minimum Gasteiger partial charge on any atom is -0.445 e. The number of nitrogens with zero attached hydrogens (tertiary/aromatic N) is 3. The van der Waals surface area contributed by atoms with Crippen molar-refractivity contribution in [2.24, 2.45) is 10.7 Å². The van der Waals surface area contributed by atoms with Crippen LogP contribution in [0.4, 0.5) is 4.79 Å². The van der Waals surface area contributed by atoms with E-state index in [-0.39, 0.29) is 17.8 Å². The first-order chi connectivity index (χ1) is 20.5. The Morgan fingerprint density at radius 2 is 1.48 bits per heavy atom. The van der Waals surface area contributed by atoms with Crippen LogP contribution in [0.2, 0.25) is 0 Å².